The molecule has 0 saturated heterocycles. The van der Waals surface area contributed by atoms with E-state index in [1.54, 1.807) is 30.3 Å². The highest BCUT2D eigenvalue weighted by molar-refractivity contribution is 6.30. The van der Waals surface area contributed by atoms with Crippen molar-refractivity contribution in [2.24, 2.45) is 11.1 Å². The second-order valence-corrected chi connectivity index (χ2v) is 6.34. The lowest BCUT2D eigenvalue weighted by atomic mass is 9.66. The molecule has 0 radical (unpaired) electrons. The topological polar surface area (TPSA) is 97.4 Å². The van der Waals surface area contributed by atoms with Gasteiger partial charge in [-0.15, -0.1) is 0 Å². The Bertz CT molecular complexity index is 1010. The molecule has 1 unspecified atom stereocenters. The Morgan fingerprint density at radius 2 is 1.54 bits per heavy atom. The van der Waals surface area contributed by atoms with Crippen molar-refractivity contribution in [2.75, 3.05) is 0 Å². The molecule has 2 N–H and O–H groups in total. The van der Waals surface area contributed by atoms with E-state index in [1.165, 1.54) is 0 Å². The van der Waals surface area contributed by atoms with E-state index in [2.05, 4.69) is 6.07 Å². The zero-order chi connectivity index (χ0) is 18.7. The molecule has 0 amide bonds. The minimum atomic E-state index is -1.66. The molecule has 0 saturated carbocycles. The fraction of sp³-hybridized carbons (Fsp3) is 0.0952. The first kappa shape index (κ1) is 17.3. The Morgan fingerprint density at radius 3 is 2.08 bits per heavy atom. The molecule has 5 heteroatoms. The van der Waals surface area contributed by atoms with Gasteiger partial charge < -0.3 is 5.73 Å². The van der Waals surface area contributed by atoms with Gasteiger partial charge in [0, 0.05) is 10.9 Å². The third-order valence-corrected chi connectivity index (χ3v) is 4.79. The van der Waals surface area contributed by atoms with Gasteiger partial charge in [-0.3, -0.25) is 0 Å². The maximum absolute atomic E-state index is 9.82. The first-order chi connectivity index (χ1) is 12.6. The molecule has 2 aromatic rings. The van der Waals surface area contributed by atoms with Gasteiger partial charge in [-0.25, -0.2) is 0 Å². The van der Waals surface area contributed by atoms with Gasteiger partial charge >= 0.3 is 0 Å². The van der Waals surface area contributed by atoms with Gasteiger partial charge in [-0.1, -0.05) is 60.1 Å². The van der Waals surface area contributed by atoms with E-state index in [0.717, 1.165) is 11.1 Å². The number of hydrogen-bond donors (Lipinski definition) is 1. The fourth-order valence-electron chi connectivity index (χ4n) is 3.16. The van der Waals surface area contributed by atoms with E-state index in [1.807, 2.05) is 42.5 Å². The van der Waals surface area contributed by atoms with Crippen LogP contribution in [0.15, 0.2) is 71.9 Å². The van der Waals surface area contributed by atoms with Crippen molar-refractivity contribution in [2.45, 2.75) is 5.92 Å². The van der Waals surface area contributed by atoms with Crippen molar-refractivity contribution in [3.63, 3.8) is 0 Å². The molecule has 0 aromatic heterocycles. The van der Waals surface area contributed by atoms with E-state index in [4.69, 9.17) is 17.3 Å². The summed E-state index contributed by atoms with van der Waals surface area (Å²) in [5.74, 6) is -0.623. The lowest BCUT2D eigenvalue weighted by molar-refractivity contribution is 0.534. The first-order valence-electron chi connectivity index (χ1n) is 7.83. The maximum Gasteiger partial charge on any atom is 0.194 e. The van der Waals surface area contributed by atoms with Crippen LogP contribution in [0.3, 0.4) is 0 Å². The molecule has 1 aliphatic rings. The standard InChI is InChI=1S/C21H13ClN4/c22-16-8-6-15(7-9-16)19-10-17(14-4-2-1-3-5-14)18(11-23)20(26)21(19,12-24)13-25/h1-10,19H,26H2. The van der Waals surface area contributed by atoms with E-state index in [9.17, 15) is 15.8 Å². The Kier molecular flexibility index (Phi) is 4.51. The lowest BCUT2D eigenvalue weighted by Gasteiger charge is -2.33. The van der Waals surface area contributed by atoms with Gasteiger partial charge in [0.1, 0.15) is 6.07 Å². The van der Waals surface area contributed by atoms with Gasteiger partial charge in [0.2, 0.25) is 0 Å². The third-order valence-electron chi connectivity index (χ3n) is 4.54. The Labute approximate surface area is 156 Å². The Balaban J connectivity index is 2.30. The van der Waals surface area contributed by atoms with Crippen LogP contribution in [-0.2, 0) is 0 Å². The number of hydrogen-bond acceptors (Lipinski definition) is 4. The highest BCUT2D eigenvalue weighted by Crippen LogP contribution is 2.48. The molecule has 124 valence electrons. The second kappa shape index (κ2) is 6.77. The average Bonchev–Trinajstić information content (AvgIpc) is 2.69. The van der Waals surface area contributed by atoms with Crippen LogP contribution in [-0.4, -0.2) is 0 Å². The zero-order valence-electron chi connectivity index (χ0n) is 13.6. The number of rotatable bonds is 2. The van der Waals surface area contributed by atoms with Crippen molar-refractivity contribution in [1.29, 1.82) is 15.8 Å². The minimum Gasteiger partial charge on any atom is -0.399 e. The van der Waals surface area contributed by atoms with Gasteiger partial charge in [0.15, 0.2) is 5.41 Å². The van der Waals surface area contributed by atoms with Gasteiger partial charge in [-0.2, -0.15) is 15.8 Å². The summed E-state index contributed by atoms with van der Waals surface area (Å²) in [6.07, 6.45) is 1.78. The van der Waals surface area contributed by atoms with Crippen LogP contribution in [0.4, 0.5) is 0 Å². The molecule has 0 spiro atoms. The van der Waals surface area contributed by atoms with Crippen LogP contribution in [0, 0.1) is 39.4 Å². The molecule has 0 aliphatic heterocycles. The predicted molar refractivity (Wildman–Crippen MR) is 99.1 cm³/mol. The maximum atomic E-state index is 9.82. The molecule has 0 fully saturated rings. The van der Waals surface area contributed by atoms with E-state index in [-0.39, 0.29) is 11.3 Å². The summed E-state index contributed by atoms with van der Waals surface area (Å²) in [5, 5.41) is 29.8. The van der Waals surface area contributed by atoms with E-state index in [0.29, 0.717) is 10.6 Å². The van der Waals surface area contributed by atoms with Crippen molar-refractivity contribution >= 4 is 17.2 Å². The number of benzene rings is 2. The number of nitrogens with two attached hydrogens (primary N) is 1. The molecule has 1 atom stereocenters. The Morgan fingerprint density at radius 1 is 0.923 bits per heavy atom. The van der Waals surface area contributed by atoms with Crippen LogP contribution < -0.4 is 5.73 Å². The highest BCUT2D eigenvalue weighted by atomic mass is 35.5. The van der Waals surface area contributed by atoms with Crippen LogP contribution in [0.5, 0.6) is 0 Å². The molecule has 3 rings (SSSR count). The highest BCUT2D eigenvalue weighted by Gasteiger charge is 2.47. The molecule has 0 bridgehead atoms. The summed E-state index contributed by atoms with van der Waals surface area (Å²) < 4.78 is 0. The fourth-order valence-corrected chi connectivity index (χ4v) is 3.29. The molecule has 2 aromatic carbocycles. The van der Waals surface area contributed by atoms with Crippen LogP contribution in [0.2, 0.25) is 5.02 Å². The quantitative estimate of drug-likeness (QED) is 0.867. The van der Waals surface area contributed by atoms with Crippen molar-refractivity contribution < 1.29 is 0 Å². The van der Waals surface area contributed by atoms with E-state index < -0.39 is 11.3 Å². The number of halogens is 1. The van der Waals surface area contributed by atoms with Crippen molar-refractivity contribution in [3.8, 4) is 18.2 Å². The number of nitriles is 3. The minimum absolute atomic E-state index is 0.0219. The summed E-state index contributed by atoms with van der Waals surface area (Å²) in [4.78, 5) is 0. The monoisotopic (exact) mass is 356 g/mol. The summed E-state index contributed by atoms with van der Waals surface area (Å²) in [6.45, 7) is 0. The summed E-state index contributed by atoms with van der Waals surface area (Å²) in [5.41, 5.74) is 6.85. The van der Waals surface area contributed by atoms with Gasteiger partial charge in [0.05, 0.1) is 23.4 Å². The van der Waals surface area contributed by atoms with Gasteiger partial charge in [0.25, 0.3) is 0 Å². The smallest absolute Gasteiger partial charge is 0.194 e. The lowest BCUT2D eigenvalue weighted by Crippen LogP contribution is -2.35. The van der Waals surface area contributed by atoms with Crippen LogP contribution in [0.1, 0.15) is 17.0 Å². The number of allylic oxidation sites excluding steroid dienone is 4. The average molecular weight is 357 g/mol. The zero-order valence-corrected chi connectivity index (χ0v) is 14.4. The summed E-state index contributed by atoms with van der Waals surface area (Å²) in [6, 6.07) is 22.4. The van der Waals surface area contributed by atoms with Gasteiger partial charge in [-0.05, 0) is 28.8 Å². The largest absolute Gasteiger partial charge is 0.399 e. The summed E-state index contributed by atoms with van der Waals surface area (Å²) >= 11 is 5.97. The van der Waals surface area contributed by atoms with E-state index >= 15 is 0 Å². The second-order valence-electron chi connectivity index (χ2n) is 5.91. The van der Waals surface area contributed by atoms with Crippen LogP contribution in [0.25, 0.3) is 5.57 Å². The normalized spacial score (nSPS) is 18.2. The molecular formula is C21H13ClN4. The first-order valence-corrected chi connectivity index (χ1v) is 8.21. The van der Waals surface area contributed by atoms with Crippen molar-refractivity contribution in [1.82, 2.24) is 0 Å². The molecule has 0 heterocycles. The van der Waals surface area contributed by atoms with Crippen LogP contribution >= 0.6 is 11.6 Å². The molecule has 4 nitrogen and oxygen atoms in total. The summed E-state index contributed by atoms with van der Waals surface area (Å²) in [7, 11) is 0. The predicted octanol–water partition coefficient (Wildman–Crippen LogP) is 4.29. The number of nitrogens with zero attached hydrogens (tertiary/aromatic N) is 3. The molecular weight excluding hydrogens is 344 g/mol. The molecule has 1 aliphatic carbocycles. The molecule has 26 heavy (non-hydrogen) atoms. The third kappa shape index (κ3) is 2.62. The Hall–Kier alpha value is -3.52. The SMILES string of the molecule is N#CC1=C(N)C(C#N)(C#N)C(c2ccc(Cl)cc2)C=C1c1ccccc1. The van der Waals surface area contributed by atoms with Crippen molar-refractivity contribution in [3.05, 3.63) is 88.1 Å².